The molecule has 0 saturated heterocycles. The van der Waals surface area contributed by atoms with E-state index in [1.54, 1.807) is 46.0 Å². The van der Waals surface area contributed by atoms with Gasteiger partial charge in [-0.1, -0.05) is 12.1 Å². The molecule has 0 aliphatic heterocycles. The number of carbonyl (C=O) groups is 1. The summed E-state index contributed by atoms with van der Waals surface area (Å²) >= 11 is 0. The number of nitrogens with zero attached hydrogens (tertiary/aromatic N) is 1. The average molecular weight is 402 g/mol. The normalized spacial score (nSPS) is 12.5. The highest BCUT2D eigenvalue weighted by molar-refractivity contribution is 5.84. The molecule has 6 nitrogen and oxygen atoms in total. The molecule has 0 saturated carbocycles. The molecule has 9 heteroatoms. The first-order valence-corrected chi connectivity index (χ1v) is 9.02. The molecule has 0 heterocycles. The fourth-order valence-corrected chi connectivity index (χ4v) is 2.32. The number of aryl methyl sites for hydroxylation is 1. The molecule has 1 aromatic rings. The monoisotopic (exact) mass is 402 g/mol. The van der Waals surface area contributed by atoms with Crippen LogP contribution in [0.2, 0.25) is 0 Å². The van der Waals surface area contributed by atoms with Crippen molar-refractivity contribution < 1.29 is 22.7 Å². The number of aliphatic imine (C=N–C) groups is 1. The maximum Gasteiger partial charge on any atom is 0.422 e. The van der Waals surface area contributed by atoms with E-state index in [1.807, 2.05) is 6.92 Å². The molecular formula is C19H29F3N4O2. The molecular weight excluding hydrogens is 373 g/mol. The minimum Gasteiger partial charge on any atom is -0.484 e. The third kappa shape index (κ3) is 8.06. The number of hydrogen-bond donors (Lipinski definition) is 3. The highest BCUT2D eigenvalue weighted by atomic mass is 19.4. The van der Waals surface area contributed by atoms with Crippen LogP contribution in [0.1, 0.15) is 31.9 Å². The van der Waals surface area contributed by atoms with E-state index in [4.69, 9.17) is 4.74 Å². The Kier molecular flexibility index (Phi) is 8.59. The van der Waals surface area contributed by atoms with E-state index in [-0.39, 0.29) is 18.2 Å². The molecule has 3 N–H and O–H groups in total. The predicted octanol–water partition coefficient (Wildman–Crippen LogP) is 2.76. The van der Waals surface area contributed by atoms with Gasteiger partial charge in [0.15, 0.2) is 12.6 Å². The molecule has 158 valence electrons. The van der Waals surface area contributed by atoms with Crippen LogP contribution >= 0.6 is 0 Å². The Morgan fingerprint density at radius 1 is 1.21 bits per heavy atom. The lowest BCUT2D eigenvalue weighted by Gasteiger charge is -2.24. The SMILES string of the molecule is CCNC(=NCc1ccc(C)cc1OCC(F)(F)F)NCC(C)(C)C(=O)NC. The number of guanidine groups is 1. The Bertz CT molecular complexity index is 688. The van der Waals surface area contributed by atoms with Crippen molar-refractivity contribution in [3.05, 3.63) is 29.3 Å². The van der Waals surface area contributed by atoms with E-state index in [9.17, 15) is 18.0 Å². The van der Waals surface area contributed by atoms with Crippen molar-refractivity contribution in [2.24, 2.45) is 10.4 Å². The topological polar surface area (TPSA) is 74.8 Å². The fraction of sp³-hybridized carbons (Fsp3) is 0.579. The first-order valence-electron chi connectivity index (χ1n) is 9.02. The third-order valence-corrected chi connectivity index (χ3v) is 3.91. The molecule has 28 heavy (non-hydrogen) atoms. The summed E-state index contributed by atoms with van der Waals surface area (Å²) < 4.78 is 42.4. The van der Waals surface area contributed by atoms with Crippen molar-refractivity contribution >= 4 is 11.9 Å². The van der Waals surface area contributed by atoms with Crippen LogP contribution < -0.4 is 20.7 Å². The van der Waals surface area contributed by atoms with Crippen LogP contribution in [0.4, 0.5) is 13.2 Å². The van der Waals surface area contributed by atoms with Gasteiger partial charge in [0, 0.05) is 25.7 Å². The summed E-state index contributed by atoms with van der Waals surface area (Å²) in [6.45, 7) is 6.97. The highest BCUT2D eigenvalue weighted by Crippen LogP contribution is 2.24. The largest absolute Gasteiger partial charge is 0.484 e. The highest BCUT2D eigenvalue weighted by Gasteiger charge is 2.29. The van der Waals surface area contributed by atoms with Gasteiger partial charge in [0.05, 0.1) is 12.0 Å². The summed E-state index contributed by atoms with van der Waals surface area (Å²) in [7, 11) is 1.57. The number of carbonyl (C=O) groups excluding carboxylic acids is 1. The molecule has 0 aliphatic carbocycles. The van der Waals surface area contributed by atoms with E-state index >= 15 is 0 Å². The quantitative estimate of drug-likeness (QED) is 0.462. The summed E-state index contributed by atoms with van der Waals surface area (Å²) in [6, 6.07) is 5.05. The van der Waals surface area contributed by atoms with Crippen LogP contribution in [0.25, 0.3) is 0 Å². The minimum atomic E-state index is -4.41. The van der Waals surface area contributed by atoms with E-state index in [2.05, 4.69) is 20.9 Å². The van der Waals surface area contributed by atoms with E-state index in [0.717, 1.165) is 5.56 Å². The Hall–Kier alpha value is -2.45. The van der Waals surface area contributed by atoms with Crippen LogP contribution in [-0.2, 0) is 11.3 Å². The molecule has 0 radical (unpaired) electrons. The molecule has 0 atom stereocenters. The zero-order valence-corrected chi connectivity index (χ0v) is 17.0. The molecule has 0 fully saturated rings. The maximum absolute atomic E-state index is 12.5. The number of ether oxygens (including phenoxy) is 1. The average Bonchev–Trinajstić information content (AvgIpc) is 2.61. The Labute approximate surface area is 163 Å². The first-order chi connectivity index (χ1) is 13.0. The predicted molar refractivity (Wildman–Crippen MR) is 103 cm³/mol. The van der Waals surface area contributed by atoms with Gasteiger partial charge >= 0.3 is 6.18 Å². The summed E-state index contributed by atoms with van der Waals surface area (Å²) in [5.41, 5.74) is 0.676. The zero-order valence-electron chi connectivity index (χ0n) is 17.0. The number of rotatable bonds is 8. The van der Waals surface area contributed by atoms with Gasteiger partial charge < -0.3 is 20.7 Å². The first kappa shape index (κ1) is 23.6. The Morgan fingerprint density at radius 3 is 2.46 bits per heavy atom. The van der Waals surface area contributed by atoms with Crippen molar-refractivity contribution in [2.45, 2.75) is 40.4 Å². The second-order valence-electron chi connectivity index (χ2n) is 7.03. The minimum absolute atomic E-state index is 0.114. The van der Waals surface area contributed by atoms with E-state index < -0.39 is 18.2 Å². The van der Waals surface area contributed by atoms with Crippen molar-refractivity contribution in [2.75, 3.05) is 26.7 Å². The second-order valence-corrected chi connectivity index (χ2v) is 7.03. The summed E-state index contributed by atoms with van der Waals surface area (Å²) in [6.07, 6.45) is -4.41. The maximum atomic E-state index is 12.5. The number of alkyl halides is 3. The fourth-order valence-electron chi connectivity index (χ4n) is 2.32. The van der Waals surface area contributed by atoms with Gasteiger partial charge in [-0.3, -0.25) is 4.79 Å². The number of halogens is 3. The summed E-state index contributed by atoms with van der Waals surface area (Å²) in [5.74, 6) is 0.502. The van der Waals surface area contributed by atoms with Crippen molar-refractivity contribution in [3.63, 3.8) is 0 Å². The molecule has 0 aliphatic rings. The van der Waals surface area contributed by atoms with Gasteiger partial charge in [-0.2, -0.15) is 13.2 Å². The lowest BCUT2D eigenvalue weighted by molar-refractivity contribution is -0.153. The third-order valence-electron chi connectivity index (χ3n) is 3.91. The lowest BCUT2D eigenvalue weighted by Crippen LogP contribution is -2.47. The van der Waals surface area contributed by atoms with Gasteiger partial charge in [-0.25, -0.2) is 4.99 Å². The molecule has 1 rings (SSSR count). The molecule has 1 amide bonds. The van der Waals surface area contributed by atoms with Crippen LogP contribution in [0, 0.1) is 12.3 Å². The summed E-state index contributed by atoms with van der Waals surface area (Å²) in [5, 5.41) is 8.76. The van der Waals surface area contributed by atoms with E-state index in [1.165, 1.54) is 0 Å². The van der Waals surface area contributed by atoms with Gasteiger partial charge in [0.1, 0.15) is 5.75 Å². The zero-order chi connectivity index (χ0) is 21.4. The molecule has 0 unspecified atom stereocenters. The standard InChI is InChI=1S/C19H29F3N4O2/c1-6-24-17(26-11-18(3,4)16(27)23-5)25-10-14-8-7-13(2)9-15(14)28-12-19(20,21)22/h7-9H,6,10-12H2,1-5H3,(H,23,27)(H2,24,25,26). The van der Waals surface area contributed by atoms with Crippen molar-refractivity contribution in [1.82, 2.24) is 16.0 Å². The molecule has 1 aromatic carbocycles. The number of hydrogen-bond acceptors (Lipinski definition) is 3. The van der Waals surface area contributed by atoms with E-state index in [0.29, 0.717) is 24.6 Å². The van der Waals surface area contributed by atoms with Crippen molar-refractivity contribution in [3.8, 4) is 5.75 Å². The molecule has 0 bridgehead atoms. The van der Waals surface area contributed by atoms with Crippen molar-refractivity contribution in [1.29, 1.82) is 0 Å². The lowest BCUT2D eigenvalue weighted by atomic mass is 9.92. The van der Waals surface area contributed by atoms with Gasteiger partial charge in [-0.15, -0.1) is 0 Å². The molecule has 0 spiro atoms. The Morgan fingerprint density at radius 2 is 1.89 bits per heavy atom. The Balaban J connectivity index is 2.90. The van der Waals surface area contributed by atoms with Crippen LogP contribution in [0.5, 0.6) is 5.75 Å². The number of benzene rings is 1. The second kappa shape index (κ2) is 10.2. The summed E-state index contributed by atoms with van der Waals surface area (Å²) in [4.78, 5) is 16.3. The van der Waals surface area contributed by atoms with Gasteiger partial charge in [0.2, 0.25) is 5.91 Å². The molecule has 0 aromatic heterocycles. The number of amides is 1. The smallest absolute Gasteiger partial charge is 0.422 e. The van der Waals surface area contributed by atoms with Crippen LogP contribution in [0.3, 0.4) is 0 Å². The van der Waals surface area contributed by atoms with Crippen LogP contribution in [0.15, 0.2) is 23.2 Å². The number of nitrogens with one attached hydrogen (secondary N) is 3. The van der Waals surface area contributed by atoms with Crippen LogP contribution in [-0.4, -0.2) is 44.8 Å². The van der Waals surface area contributed by atoms with Gasteiger partial charge in [0.25, 0.3) is 0 Å². The van der Waals surface area contributed by atoms with Gasteiger partial charge in [-0.05, 0) is 39.3 Å².